The first-order chi connectivity index (χ1) is 9.25. The van der Waals surface area contributed by atoms with Crippen molar-refractivity contribution < 1.29 is 4.79 Å². The molecule has 5 heteroatoms. The highest BCUT2D eigenvalue weighted by atomic mass is 16.2. The molecule has 0 saturated heterocycles. The molecule has 0 fully saturated rings. The summed E-state index contributed by atoms with van der Waals surface area (Å²) in [4.78, 5) is 11.7. The van der Waals surface area contributed by atoms with Gasteiger partial charge in [0, 0.05) is 5.69 Å². The lowest BCUT2D eigenvalue weighted by Crippen LogP contribution is -2.31. The zero-order valence-electron chi connectivity index (χ0n) is 10.2. The largest absolute Gasteiger partial charge is 0.378 e. The quantitative estimate of drug-likeness (QED) is 0.445. The van der Waals surface area contributed by atoms with Crippen LogP contribution in [0.5, 0.6) is 0 Å². The average Bonchev–Trinajstić information content (AvgIpc) is 2.47. The summed E-state index contributed by atoms with van der Waals surface area (Å²) in [7, 11) is 0. The molecule has 0 aromatic heterocycles. The van der Waals surface area contributed by atoms with Crippen LogP contribution >= 0.6 is 0 Å². The molecule has 2 rings (SSSR count). The summed E-state index contributed by atoms with van der Waals surface area (Å²) >= 11 is 0. The van der Waals surface area contributed by atoms with Crippen molar-refractivity contribution in [3.8, 4) is 0 Å². The van der Waals surface area contributed by atoms with E-state index in [2.05, 4.69) is 15.8 Å². The second-order valence-corrected chi connectivity index (χ2v) is 3.80. The Morgan fingerprint density at radius 1 is 0.895 bits per heavy atom. The monoisotopic (exact) mass is 254 g/mol. The van der Waals surface area contributed by atoms with Gasteiger partial charge in [-0.1, -0.05) is 36.4 Å². The van der Waals surface area contributed by atoms with E-state index < -0.39 is 5.91 Å². The van der Waals surface area contributed by atoms with E-state index >= 15 is 0 Å². The Morgan fingerprint density at radius 2 is 1.42 bits per heavy atom. The van der Waals surface area contributed by atoms with E-state index in [0.29, 0.717) is 5.69 Å². The molecule has 0 bridgehead atoms. The van der Waals surface area contributed by atoms with E-state index in [9.17, 15) is 4.79 Å². The minimum atomic E-state index is -0.449. The summed E-state index contributed by atoms with van der Waals surface area (Å²) in [6.45, 7) is 0. The van der Waals surface area contributed by atoms with Crippen molar-refractivity contribution in [1.82, 2.24) is 0 Å². The van der Waals surface area contributed by atoms with Gasteiger partial charge >= 0.3 is 0 Å². The lowest BCUT2D eigenvalue weighted by Gasteiger charge is -2.05. The number of para-hydroxylation sites is 2. The zero-order valence-corrected chi connectivity index (χ0v) is 10.2. The Morgan fingerprint density at radius 3 is 2.00 bits per heavy atom. The Kier molecular flexibility index (Phi) is 4.12. The first-order valence-electron chi connectivity index (χ1n) is 5.76. The number of carbonyl (C=O) groups is 1. The van der Waals surface area contributed by atoms with Crippen LogP contribution in [0.25, 0.3) is 0 Å². The van der Waals surface area contributed by atoms with E-state index in [0.717, 1.165) is 5.69 Å². The number of amides is 1. The Bertz CT molecular complexity index is 567. The maximum atomic E-state index is 11.7. The molecule has 0 heterocycles. The van der Waals surface area contributed by atoms with Crippen molar-refractivity contribution in [3.63, 3.8) is 0 Å². The molecule has 19 heavy (non-hydrogen) atoms. The number of benzene rings is 2. The molecule has 2 aromatic carbocycles. The van der Waals surface area contributed by atoms with Crippen LogP contribution in [0.4, 0.5) is 11.4 Å². The van der Waals surface area contributed by atoms with Crippen LogP contribution in [0.3, 0.4) is 0 Å². The Hall–Kier alpha value is -2.82. The minimum Gasteiger partial charge on any atom is -0.378 e. The van der Waals surface area contributed by atoms with Gasteiger partial charge in [-0.3, -0.25) is 10.2 Å². The minimum absolute atomic E-state index is 0.132. The van der Waals surface area contributed by atoms with Gasteiger partial charge in [0.05, 0.1) is 5.69 Å². The highest BCUT2D eigenvalue weighted by Gasteiger charge is 2.06. The van der Waals surface area contributed by atoms with E-state index in [-0.39, 0.29) is 5.84 Å². The van der Waals surface area contributed by atoms with Gasteiger partial charge in [-0.2, -0.15) is 5.10 Å². The summed E-state index contributed by atoms with van der Waals surface area (Å²) in [5.74, 6) is -0.581. The fourth-order valence-electron chi connectivity index (χ4n) is 1.40. The first kappa shape index (κ1) is 12.6. The highest BCUT2D eigenvalue weighted by Crippen LogP contribution is 2.06. The van der Waals surface area contributed by atoms with E-state index in [1.54, 1.807) is 12.1 Å². The van der Waals surface area contributed by atoms with Crippen molar-refractivity contribution in [2.45, 2.75) is 0 Å². The zero-order chi connectivity index (χ0) is 13.5. The molecule has 0 radical (unpaired) electrons. The number of amidine groups is 1. The molecule has 4 N–H and O–H groups in total. The van der Waals surface area contributed by atoms with Gasteiger partial charge < -0.3 is 11.1 Å². The van der Waals surface area contributed by atoms with Crippen LogP contribution < -0.4 is 16.5 Å². The van der Waals surface area contributed by atoms with Gasteiger partial charge in [0.15, 0.2) is 0 Å². The predicted octanol–water partition coefficient (Wildman–Crippen LogP) is 2.01. The molecule has 0 atom stereocenters. The molecule has 0 saturated carbocycles. The van der Waals surface area contributed by atoms with E-state index in [1.807, 2.05) is 48.5 Å². The van der Waals surface area contributed by atoms with Gasteiger partial charge in [0.2, 0.25) is 5.84 Å². The molecule has 2 aromatic rings. The second-order valence-electron chi connectivity index (χ2n) is 3.80. The third kappa shape index (κ3) is 3.85. The van der Waals surface area contributed by atoms with Crippen LogP contribution in [-0.4, -0.2) is 11.7 Å². The number of hydrazone groups is 1. The van der Waals surface area contributed by atoms with Crippen LogP contribution in [0.15, 0.2) is 65.8 Å². The lowest BCUT2D eigenvalue weighted by atomic mass is 10.3. The van der Waals surface area contributed by atoms with Crippen molar-refractivity contribution in [1.29, 1.82) is 0 Å². The summed E-state index contributed by atoms with van der Waals surface area (Å²) in [5, 5.41) is 6.47. The Balaban J connectivity index is 1.95. The average molecular weight is 254 g/mol. The van der Waals surface area contributed by atoms with Crippen LogP contribution in [0, 0.1) is 0 Å². The normalized spacial score (nSPS) is 10.8. The number of carbonyl (C=O) groups excluding carboxylic acids is 1. The third-order valence-electron chi connectivity index (χ3n) is 2.34. The molecule has 96 valence electrons. The molecule has 5 nitrogen and oxygen atoms in total. The number of hydrogen-bond donors (Lipinski definition) is 3. The number of hydrogen-bond acceptors (Lipinski definition) is 3. The molecule has 0 aliphatic heterocycles. The number of nitrogens with two attached hydrogens (primary N) is 1. The summed E-state index contributed by atoms with van der Waals surface area (Å²) < 4.78 is 0. The second kappa shape index (κ2) is 6.20. The number of anilines is 2. The van der Waals surface area contributed by atoms with Crippen molar-refractivity contribution in [3.05, 3.63) is 60.7 Å². The maximum absolute atomic E-state index is 11.7. The van der Waals surface area contributed by atoms with Crippen molar-refractivity contribution >= 4 is 23.1 Å². The Labute approximate surface area is 111 Å². The molecule has 0 spiro atoms. The number of rotatable bonds is 3. The van der Waals surface area contributed by atoms with E-state index in [4.69, 9.17) is 5.73 Å². The predicted molar refractivity (Wildman–Crippen MR) is 76.8 cm³/mol. The van der Waals surface area contributed by atoms with Crippen LogP contribution in [0.1, 0.15) is 0 Å². The van der Waals surface area contributed by atoms with Gasteiger partial charge in [-0.25, -0.2) is 0 Å². The summed E-state index contributed by atoms with van der Waals surface area (Å²) in [5.41, 5.74) is 9.74. The van der Waals surface area contributed by atoms with Gasteiger partial charge in [-0.05, 0) is 24.3 Å². The molecule has 0 aliphatic carbocycles. The van der Waals surface area contributed by atoms with Crippen molar-refractivity contribution in [2.24, 2.45) is 10.8 Å². The van der Waals surface area contributed by atoms with E-state index in [1.165, 1.54) is 0 Å². The van der Waals surface area contributed by atoms with Crippen LogP contribution in [0.2, 0.25) is 0 Å². The summed E-state index contributed by atoms with van der Waals surface area (Å²) in [6.07, 6.45) is 0. The molecular weight excluding hydrogens is 240 g/mol. The highest BCUT2D eigenvalue weighted by molar-refractivity contribution is 6.41. The fraction of sp³-hybridized carbons (Fsp3) is 0. The van der Waals surface area contributed by atoms with Crippen molar-refractivity contribution in [2.75, 3.05) is 10.7 Å². The molecule has 1 amide bonds. The van der Waals surface area contributed by atoms with Gasteiger partial charge in [0.1, 0.15) is 0 Å². The smallest absolute Gasteiger partial charge is 0.292 e. The number of nitrogens with zero attached hydrogens (tertiary/aromatic N) is 1. The summed E-state index contributed by atoms with van der Waals surface area (Å²) in [6, 6.07) is 18.3. The molecular formula is C14H14N4O. The molecule has 0 aliphatic rings. The van der Waals surface area contributed by atoms with Gasteiger partial charge in [0.25, 0.3) is 5.91 Å². The topological polar surface area (TPSA) is 79.5 Å². The van der Waals surface area contributed by atoms with Gasteiger partial charge in [-0.15, -0.1) is 0 Å². The maximum Gasteiger partial charge on any atom is 0.292 e. The third-order valence-corrected chi connectivity index (χ3v) is 2.34. The lowest BCUT2D eigenvalue weighted by molar-refractivity contribution is -0.110. The SMILES string of the molecule is N/C(=N/Nc1ccccc1)C(=O)Nc1ccccc1. The number of nitrogens with one attached hydrogen (secondary N) is 2. The fourth-order valence-corrected chi connectivity index (χ4v) is 1.40. The molecule has 0 unspecified atom stereocenters. The van der Waals surface area contributed by atoms with Crippen LogP contribution in [-0.2, 0) is 4.79 Å². The first-order valence-corrected chi connectivity index (χ1v) is 5.76. The standard InChI is InChI=1S/C14H14N4O/c15-13(18-17-12-9-5-2-6-10-12)14(19)16-11-7-3-1-4-8-11/h1-10,17H,(H2,15,18)(H,16,19).